The number of carbonyl (C=O) groups excluding carboxylic acids is 2. The number of amides is 2. The van der Waals surface area contributed by atoms with Crippen molar-refractivity contribution in [1.82, 2.24) is 4.90 Å². The molecule has 0 atom stereocenters. The summed E-state index contributed by atoms with van der Waals surface area (Å²) in [5.74, 6) is 1.44. The largest absolute Gasteiger partial charge is 0.495 e. The zero-order valence-electron chi connectivity index (χ0n) is 16.0. The van der Waals surface area contributed by atoms with Gasteiger partial charge in [0.1, 0.15) is 5.75 Å². The van der Waals surface area contributed by atoms with E-state index >= 15 is 0 Å². The van der Waals surface area contributed by atoms with Crippen molar-refractivity contribution >= 4 is 29.3 Å². The molecule has 2 amide bonds. The van der Waals surface area contributed by atoms with Crippen LogP contribution in [0.4, 0.5) is 5.69 Å². The number of para-hydroxylation sites is 2. The Morgan fingerprint density at radius 2 is 1.93 bits per heavy atom. The van der Waals surface area contributed by atoms with Gasteiger partial charge in [-0.25, -0.2) is 0 Å². The van der Waals surface area contributed by atoms with E-state index in [0.717, 1.165) is 5.75 Å². The minimum Gasteiger partial charge on any atom is -0.495 e. The molecule has 0 aliphatic heterocycles. The maximum atomic E-state index is 12.4. The van der Waals surface area contributed by atoms with E-state index in [1.807, 2.05) is 25.1 Å². The number of benzene rings is 2. The highest BCUT2D eigenvalue weighted by atomic mass is 32.2. The van der Waals surface area contributed by atoms with Crippen molar-refractivity contribution in [3.8, 4) is 5.75 Å². The fraction of sp³-hybridized carbons (Fsp3) is 0.333. The first-order chi connectivity index (χ1) is 13.0. The highest BCUT2D eigenvalue weighted by Crippen LogP contribution is 2.23. The van der Waals surface area contributed by atoms with Gasteiger partial charge in [0.05, 0.1) is 25.1 Å². The molecule has 2 aromatic rings. The van der Waals surface area contributed by atoms with E-state index in [1.165, 1.54) is 11.1 Å². The lowest BCUT2D eigenvalue weighted by Crippen LogP contribution is -2.38. The number of hydrogen-bond donors (Lipinski definition) is 1. The topological polar surface area (TPSA) is 58.6 Å². The van der Waals surface area contributed by atoms with Crippen LogP contribution < -0.4 is 10.1 Å². The second-order valence-electron chi connectivity index (χ2n) is 6.14. The molecule has 2 rings (SSSR count). The summed E-state index contributed by atoms with van der Waals surface area (Å²) in [4.78, 5) is 26.3. The second-order valence-corrected chi connectivity index (χ2v) is 7.12. The maximum Gasteiger partial charge on any atom is 0.244 e. The van der Waals surface area contributed by atoms with Crippen LogP contribution in [0.25, 0.3) is 0 Å². The van der Waals surface area contributed by atoms with Gasteiger partial charge in [-0.2, -0.15) is 0 Å². The monoisotopic (exact) mass is 386 g/mol. The van der Waals surface area contributed by atoms with Crippen LogP contribution >= 0.6 is 11.8 Å². The van der Waals surface area contributed by atoms with Crippen molar-refractivity contribution in [2.75, 3.05) is 31.3 Å². The number of anilines is 1. The Balaban J connectivity index is 1.84. The molecule has 0 spiro atoms. The summed E-state index contributed by atoms with van der Waals surface area (Å²) in [6.45, 7) is 4.44. The summed E-state index contributed by atoms with van der Waals surface area (Å²) in [5.41, 5.74) is 3.01. The van der Waals surface area contributed by atoms with Gasteiger partial charge in [-0.15, -0.1) is 11.8 Å². The van der Waals surface area contributed by atoms with Gasteiger partial charge in [-0.05, 0) is 31.5 Å². The van der Waals surface area contributed by atoms with Crippen molar-refractivity contribution < 1.29 is 14.3 Å². The van der Waals surface area contributed by atoms with Crippen molar-refractivity contribution in [3.63, 3.8) is 0 Å². The predicted molar refractivity (Wildman–Crippen MR) is 111 cm³/mol. The number of likely N-dealkylation sites (N-methyl/N-ethyl adjacent to an activating group) is 1. The van der Waals surface area contributed by atoms with Gasteiger partial charge in [0.15, 0.2) is 0 Å². The van der Waals surface area contributed by atoms with Crippen LogP contribution in [0, 0.1) is 6.92 Å². The summed E-state index contributed by atoms with van der Waals surface area (Å²) < 4.78 is 5.23. The number of methoxy groups -OCH3 is 1. The van der Waals surface area contributed by atoms with E-state index in [1.54, 1.807) is 35.9 Å². The molecule has 5 nitrogen and oxygen atoms in total. The summed E-state index contributed by atoms with van der Waals surface area (Å²) in [6.07, 6.45) is 0. The molecule has 0 fully saturated rings. The first-order valence-electron chi connectivity index (χ1n) is 8.87. The fourth-order valence-corrected chi connectivity index (χ4v) is 3.51. The molecule has 0 radical (unpaired) electrons. The van der Waals surface area contributed by atoms with Crippen molar-refractivity contribution in [2.24, 2.45) is 0 Å². The van der Waals surface area contributed by atoms with E-state index in [2.05, 4.69) is 30.4 Å². The Morgan fingerprint density at radius 1 is 1.15 bits per heavy atom. The Hall–Kier alpha value is -2.47. The summed E-state index contributed by atoms with van der Waals surface area (Å²) >= 11 is 1.56. The normalized spacial score (nSPS) is 10.3. The summed E-state index contributed by atoms with van der Waals surface area (Å²) in [6, 6.07) is 15.5. The Labute approximate surface area is 165 Å². The molecule has 2 aromatic carbocycles. The minimum absolute atomic E-state index is 0.0262. The molecule has 0 heterocycles. The molecule has 0 bridgehead atoms. The first-order valence-corrected chi connectivity index (χ1v) is 10.0. The lowest BCUT2D eigenvalue weighted by atomic mass is 10.2. The number of carbonyl (C=O) groups is 2. The van der Waals surface area contributed by atoms with Gasteiger partial charge in [0.2, 0.25) is 11.8 Å². The molecule has 1 N–H and O–H groups in total. The first kappa shape index (κ1) is 20.8. The number of aryl methyl sites for hydroxylation is 1. The van der Waals surface area contributed by atoms with Crippen LogP contribution in [0.15, 0.2) is 48.5 Å². The highest BCUT2D eigenvalue weighted by Gasteiger charge is 2.16. The van der Waals surface area contributed by atoms with Gasteiger partial charge >= 0.3 is 0 Å². The molecule has 0 unspecified atom stereocenters. The van der Waals surface area contributed by atoms with E-state index in [9.17, 15) is 9.59 Å². The quantitative estimate of drug-likeness (QED) is 0.713. The molecule has 0 aromatic heterocycles. The zero-order chi connectivity index (χ0) is 19.6. The van der Waals surface area contributed by atoms with Crippen LogP contribution in [0.3, 0.4) is 0 Å². The Bertz CT molecular complexity index is 780. The number of nitrogens with one attached hydrogen (secondary N) is 1. The molecule has 6 heteroatoms. The molecule has 144 valence electrons. The Kier molecular flexibility index (Phi) is 8.20. The number of thioether (sulfide) groups is 1. The van der Waals surface area contributed by atoms with E-state index < -0.39 is 0 Å². The third-order valence-corrected chi connectivity index (χ3v) is 5.02. The van der Waals surface area contributed by atoms with Gasteiger partial charge < -0.3 is 15.0 Å². The molecule has 0 saturated heterocycles. The number of hydrogen-bond acceptors (Lipinski definition) is 4. The highest BCUT2D eigenvalue weighted by molar-refractivity contribution is 7.99. The van der Waals surface area contributed by atoms with Crippen LogP contribution in [-0.4, -0.2) is 42.7 Å². The van der Waals surface area contributed by atoms with E-state index in [0.29, 0.717) is 23.7 Å². The van der Waals surface area contributed by atoms with Gasteiger partial charge in [-0.1, -0.05) is 42.0 Å². The van der Waals surface area contributed by atoms with Gasteiger partial charge in [-0.3, -0.25) is 9.59 Å². The SMILES string of the molecule is CCN(CC(=O)Nc1ccccc1OC)C(=O)CSCc1cccc(C)c1. The van der Waals surface area contributed by atoms with Gasteiger partial charge in [0, 0.05) is 12.3 Å². The lowest BCUT2D eigenvalue weighted by Gasteiger charge is -2.20. The molecular weight excluding hydrogens is 360 g/mol. The number of rotatable bonds is 9. The molecule has 0 aliphatic carbocycles. The molecule has 27 heavy (non-hydrogen) atoms. The average molecular weight is 387 g/mol. The molecule has 0 aliphatic rings. The second kappa shape index (κ2) is 10.6. The minimum atomic E-state index is -0.238. The van der Waals surface area contributed by atoms with Crippen LogP contribution in [0.1, 0.15) is 18.1 Å². The van der Waals surface area contributed by atoms with E-state index in [4.69, 9.17) is 4.74 Å². The van der Waals surface area contributed by atoms with Crippen LogP contribution in [0.5, 0.6) is 5.75 Å². The average Bonchev–Trinajstić information content (AvgIpc) is 2.66. The number of ether oxygens (including phenoxy) is 1. The summed E-state index contributed by atoms with van der Waals surface area (Å²) in [7, 11) is 1.55. The standard InChI is InChI=1S/C21H26N2O3S/c1-4-23(13-20(24)22-18-10-5-6-11-19(18)26-3)21(25)15-27-14-17-9-7-8-16(2)12-17/h5-12H,4,13-15H2,1-3H3,(H,22,24). The van der Waals surface area contributed by atoms with Crippen molar-refractivity contribution in [2.45, 2.75) is 19.6 Å². The van der Waals surface area contributed by atoms with Crippen LogP contribution in [0.2, 0.25) is 0 Å². The third-order valence-electron chi connectivity index (χ3n) is 4.03. The zero-order valence-corrected chi connectivity index (χ0v) is 16.8. The maximum absolute atomic E-state index is 12.4. The van der Waals surface area contributed by atoms with E-state index in [-0.39, 0.29) is 18.4 Å². The third kappa shape index (κ3) is 6.64. The molecular formula is C21H26N2O3S. The van der Waals surface area contributed by atoms with Crippen LogP contribution in [-0.2, 0) is 15.3 Å². The van der Waals surface area contributed by atoms with Crippen molar-refractivity contribution in [1.29, 1.82) is 0 Å². The van der Waals surface area contributed by atoms with Crippen molar-refractivity contribution in [3.05, 3.63) is 59.7 Å². The Morgan fingerprint density at radius 3 is 2.63 bits per heavy atom. The predicted octanol–water partition coefficient (Wildman–Crippen LogP) is 3.72. The molecule has 0 saturated carbocycles. The summed E-state index contributed by atoms with van der Waals surface area (Å²) in [5, 5.41) is 2.80. The number of nitrogens with zero attached hydrogens (tertiary/aromatic N) is 1. The smallest absolute Gasteiger partial charge is 0.244 e. The fourth-order valence-electron chi connectivity index (χ4n) is 2.64. The van der Waals surface area contributed by atoms with Gasteiger partial charge in [0.25, 0.3) is 0 Å². The lowest BCUT2D eigenvalue weighted by molar-refractivity contribution is -0.132.